The van der Waals surface area contributed by atoms with E-state index in [1.165, 1.54) is 11.8 Å². The first kappa shape index (κ1) is 31.6. The van der Waals surface area contributed by atoms with Gasteiger partial charge in [-0.2, -0.15) is 0 Å². The Bertz CT molecular complexity index is 1830. The van der Waals surface area contributed by atoms with Crippen molar-refractivity contribution in [2.75, 3.05) is 10.6 Å². The summed E-state index contributed by atoms with van der Waals surface area (Å²) < 4.78 is 0. The van der Waals surface area contributed by atoms with E-state index in [0.29, 0.717) is 32.5 Å². The van der Waals surface area contributed by atoms with Crippen LogP contribution in [-0.2, 0) is 9.59 Å². The Hall–Kier alpha value is -4.82. The maximum Gasteiger partial charge on any atom is 0.272 e. The molecule has 1 atom stereocenters. The van der Waals surface area contributed by atoms with Crippen LogP contribution >= 0.6 is 35.0 Å². The maximum atomic E-state index is 13.5. The Morgan fingerprint density at radius 3 is 2.07 bits per heavy atom. The Labute approximate surface area is 275 Å². The molecule has 0 aliphatic rings. The Balaban J connectivity index is 1.37. The molecule has 0 radical (unpaired) electrons. The Morgan fingerprint density at radius 1 is 0.689 bits per heavy atom. The number of carbonyl (C=O) groups is 3. The molecule has 5 aromatic rings. The Morgan fingerprint density at radius 2 is 1.36 bits per heavy atom. The monoisotopic (exact) mass is 651 g/mol. The van der Waals surface area contributed by atoms with Gasteiger partial charge in [-0.3, -0.25) is 14.4 Å². The van der Waals surface area contributed by atoms with Crippen LogP contribution in [0, 0.1) is 0 Å². The summed E-state index contributed by atoms with van der Waals surface area (Å²) in [4.78, 5) is 40.8. The molecule has 0 heterocycles. The molecule has 1 unspecified atom stereocenters. The number of halogens is 2. The molecule has 0 bridgehead atoms. The van der Waals surface area contributed by atoms with Crippen molar-refractivity contribution in [2.45, 2.75) is 10.1 Å². The van der Waals surface area contributed by atoms with Crippen molar-refractivity contribution in [3.63, 3.8) is 0 Å². The molecular weight excluding hydrogens is 625 g/mol. The smallest absolute Gasteiger partial charge is 0.272 e. The van der Waals surface area contributed by atoms with Gasteiger partial charge in [-0.05, 0) is 71.8 Å². The molecule has 5 aromatic carbocycles. The highest BCUT2D eigenvalue weighted by atomic mass is 35.5. The number of nitrogens with one attached hydrogen (secondary N) is 3. The summed E-state index contributed by atoms with van der Waals surface area (Å²) in [6.45, 7) is 0. The zero-order valence-corrected chi connectivity index (χ0v) is 26.1. The molecule has 0 aliphatic heterocycles. The molecule has 0 saturated heterocycles. The minimum atomic E-state index is -0.612. The van der Waals surface area contributed by atoms with Gasteiger partial charge in [-0.25, -0.2) is 0 Å². The van der Waals surface area contributed by atoms with Gasteiger partial charge in [0.05, 0.1) is 10.7 Å². The fraction of sp³-hybridized carbons (Fsp3) is 0.0278. The molecule has 0 spiro atoms. The molecule has 0 aliphatic carbocycles. The number of thioether (sulfide) groups is 1. The normalized spacial score (nSPS) is 11.7. The molecule has 0 fully saturated rings. The largest absolute Gasteiger partial charge is 0.323 e. The van der Waals surface area contributed by atoms with E-state index < -0.39 is 17.1 Å². The molecule has 224 valence electrons. The van der Waals surface area contributed by atoms with Gasteiger partial charge >= 0.3 is 0 Å². The lowest BCUT2D eigenvalue weighted by molar-refractivity contribution is -0.116. The third-order valence-corrected chi connectivity index (χ3v) is 8.36. The number of hydrogen-bond acceptors (Lipinski definition) is 4. The summed E-state index contributed by atoms with van der Waals surface area (Å²) in [6.07, 6.45) is 1.58. The van der Waals surface area contributed by atoms with E-state index >= 15 is 0 Å². The maximum absolute atomic E-state index is 13.5. The van der Waals surface area contributed by atoms with E-state index in [0.717, 1.165) is 10.5 Å². The van der Waals surface area contributed by atoms with E-state index in [1.54, 1.807) is 97.1 Å². The van der Waals surface area contributed by atoms with Crippen LogP contribution in [0.4, 0.5) is 11.4 Å². The second kappa shape index (κ2) is 15.3. The third kappa shape index (κ3) is 8.86. The lowest BCUT2D eigenvalue weighted by atomic mass is 10.1. The highest BCUT2D eigenvalue weighted by molar-refractivity contribution is 8.00. The fourth-order valence-electron chi connectivity index (χ4n) is 4.31. The van der Waals surface area contributed by atoms with Gasteiger partial charge in [-0.1, -0.05) is 102 Å². The standard InChI is InChI=1S/C36H27Cl2N3O3S/c37-27-20-18-24(19-21-27)22-32(41-34(42)26-12-5-2-6-13-26)35(43)39-28-14-9-15-29(23-28)45-33(25-10-3-1-4-11-25)36(44)40-31-17-8-7-16-30(31)38/h1-23,33H,(H,39,43)(H,40,44)(H,41,42)/b32-22-. The number of rotatable bonds is 10. The Kier molecular flexibility index (Phi) is 10.7. The second-order valence-corrected chi connectivity index (χ2v) is 11.8. The van der Waals surface area contributed by atoms with Crippen molar-refractivity contribution in [3.8, 4) is 0 Å². The van der Waals surface area contributed by atoms with Crippen LogP contribution in [0.3, 0.4) is 0 Å². The zero-order chi connectivity index (χ0) is 31.6. The SMILES string of the molecule is O=C(Nc1cccc(SC(C(=O)Nc2ccccc2Cl)c2ccccc2)c1)/C(=C/c1ccc(Cl)cc1)NC(=O)c1ccccc1. The quantitative estimate of drug-likeness (QED) is 0.104. The van der Waals surface area contributed by atoms with Crippen molar-refractivity contribution >= 4 is 70.1 Å². The van der Waals surface area contributed by atoms with Crippen LogP contribution in [0.15, 0.2) is 144 Å². The first-order valence-corrected chi connectivity index (χ1v) is 15.5. The number of carbonyl (C=O) groups excluding carboxylic acids is 3. The number of anilines is 2. The summed E-state index contributed by atoms with van der Waals surface area (Å²) in [5.41, 5.74) is 2.94. The van der Waals surface area contributed by atoms with Crippen LogP contribution in [0.5, 0.6) is 0 Å². The minimum absolute atomic E-state index is 0.0468. The molecule has 3 amide bonds. The van der Waals surface area contributed by atoms with Gasteiger partial charge in [0.15, 0.2) is 0 Å². The van der Waals surface area contributed by atoms with E-state index in [4.69, 9.17) is 23.2 Å². The summed E-state index contributed by atoms with van der Waals surface area (Å²) in [5.74, 6) is -1.19. The van der Waals surface area contributed by atoms with E-state index in [9.17, 15) is 14.4 Å². The predicted molar refractivity (Wildman–Crippen MR) is 184 cm³/mol. The first-order valence-electron chi connectivity index (χ1n) is 13.9. The number of amides is 3. The predicted octanol–water partition coefficient (Wildman–Crippen LogP) is 8.88. The highest BCUT2D eigenvalue weighted by Gasteiger charge is 2.23. The molecule has 0 aromatic heterocycles. The number of hydrogen-bond donors (Lipinski definition) is 3. The molecule has 6 nitrogen and oxygen atoms in total. The van der Waals surface area contributed by atoms with Crippen molar-refractivity contribution in [3.05, 3.63) is 166 Å². The van der Waals surface area contributed by atoms with Crippen molar-refractivity contribution in [1.82, 2.24) is 5.32 Å². The average molecular weight is 653 g/mol. The summed E-state index contributed by atoms with van der Waals surface area (Å²) >= 11 is 13.7. The van der Waals surface area contributed by atoms with Crippen LogP contribution in [0.25, 0.3) is 6.08 Å². The van der Waals surface area contributed by atoms with Crippen molar-refractivity contribution in [2.24, 2.45) is 0 Å². The van der Waals surface area contributed by atoms with E-state index in [-0.39, 0.29) is 11.6 Å². The number of para-hydroxylation sites is 1. The first-order chi connectivity index (χ1) is 21.9. The van der Waals surface area contributed by atoms with Gasteiger partial charge < -0.3 is 16.0 Å². The highest BCUT2D eigenvalue weighted by Crippen LogP contribution is 2.37. The zero-order valence-electron chi connectivity index (χ0n) is 23.7. The lowest BCUT2D eigenvalue weighted by Crippen LogP contribution is -2.30. The summed E-state index contributed by atoms with van der Waals surface area (Å²) in [5, 5.41) is 8.93. The van der Waals surface area contributed by atoms with Crippen LogP contribution in [-0.4, -0.2) is 17.7 Å². The minimum Gasteiger partial charge on any atom is -0.323 e. The van der Waals surface area contributed by atoms with Gasteiger partial charge in [0.1, 0.15) is 10.9 Å². The number of benzene rings is 5. The molecule has 5 rings (SSSR count). The van der Waals surface area contributed by atoms with E-state index in [2.05, 4.69) is 16.0 Å². The summed E-state index contributed by atoms with van der Waals surface area (Å²) in [6, 6.07) is 39.2. The van der Waals surface area contributed by atoms with Crippen LogP contribution in [0.2, 0.25) is 10.0 Å². The van der Waals surface area contributed by atoms with Crippen molar-refractivity contribution < 1.29 is 14.4 Å². The topological polar surface area (TPSA) is 87.3 Å². The molecular formula is C36H27Cl2N3O3S. The molecule has 9 heteroatoms. The lowest BCUT2D eigenvalue weighted by Gasteiger charge is -2.18. The van der Waals surface area contributed by atoms with Gasteiger partial charge in [-0.15, -0.1) is 11.8 Å². The van der Waals surface area contributed by atoms with Crippen LogP contribution in [0.1, 0.15) is 26.7 Å². The van der Waals surface area contributed by atoms with Crippen molar-refractivity contribution in [1.29, 1.82) is 0 Å². The molecule has 3 N–H and O–H groups in total. The van der Waals surface area contributed by atoms with E-state index in [1.807, 2.05) is 42.5 Å². The van der Waals surface area contributed by atoms with Gasteiger partial charge in [0.2, 0.25) is 5.91 Å². The molecule has 0 saturated carbocycles. The second-order valence-electron chi connectivity index (χ2n) is 9.79. The van der Waals surface area contributed by atoms with Crippen LogP contribution < -0.4 is 16.0 Å². The van der Waals surface area contributed by atoms with Gasteiger partial charge in [0.25, 0.3) is 11.8 Å². The summed E-state index contributed by atoms with van der Waals surface area (Å²) in [7, 11) is 0. The average Bonchev–Trinajstić information content (AvgIpc) is 3.06. The molecule has 45 heavy (non-hydrogen) atoms. The van der Waals surface area contributed by atoms with Gasteiger partial charge in [0, 0.05) is 21.2 Å². The third-order valence-electron chi connectivity index (χ3n) is 6.53. The fourth-order valence-corrected chi connectivity index (χ4v) is 5.70.